The molecule has 0 fully saturated rings. The molecule has 1 heterocycles. The van der Waals surface area contributed by atoms with Gasteiger partial charge in [-0.2, -0.15) is 0 Å². The van der Waals surface area contributed by atoms with Crippen molar-refractivity contribution in [1.29, 1.82) is 0 Å². The summed E-state index contributed by atoms with van der Waals surface area (Å²) < 4.78 is 0. The fraction of sp³-hybridized carbons (Fsp3) is 0.280. The Kier molecular flexibility index (Phi) is 9.28. The van der Waals surface area contributed by atoms with Crippen molar-refractivity contribution in [2.45, 2.75) is 18.7 Å². The highest BCUT2D eigenvalue weighted by Gasteiger charge is 2.13. The van der Waals surface area contributed by atoms with E-state index in [2.05, 4.69) is 26.3 Å². The Morgan fingerprint density at radius 3 is 2.03 bits per heavy atom. The van der Waals surface area contributed by atoms with E-state index in [1.54, 1.807) is 11.8 Å². The third kappa shape index (κ3) is 6.95. The maximum absolute atomic E-state index is 12.6. The van der Waals surface area contributed by atoms with Gasteiger partial charge in [-0.3, -0.25) is 9.59 Å². The highest BCUT2D eigenvalue weighted by molar-refractivity contribution is 7.98. The van der Waals surface area contributed by atoms with E-state index in [9.17, 15) is 9.59 Å². The van der Waals surface area contributed by atoms with Crippen LogP contribution in [0.4, 0.5) is 11.6 Å². The molecule has 0 bridgehead atoms. The fourth-order valence-electron chi connectivity index (χ4n) is 3.28. The standard InChI is InChI=1S/C25H30N6O2S/c1-17-22(27-14-13-26-18(2)32)30-24(19-9-5-4-6-10-19)31-23(17)28-15-16-29-25(33)20-11-7-8-12-21(20)34-3/h4-12H,13-16H2,1-3H3,(H,26,32)(H,29,33)(H2,27,28,30,31). The number of nitrogens with zero attached hydrogens (tertiary/aromatic N) is 2. The Labute approximate surface area is 204 Å². The number of rotatable bonds is 11. The van der Waals surface area contributed by atoms with E-state index in [1.165, 1.54) is 6.92 Å². The van der Waals surface area contributed by atoms with Crippen molar-refractivity contribution in [3.8, 4) is 11.4 Å². The summed E-state index contributed by atoms with van der Waals surface area (Å²) in [5.74, 6) is 1.80. The largest absolute Gasteiger partial charge is 0.368 e. The second-order valence-corrected chi connectivity index (χ2v) is 8.38. The molecule has 8 nitrogen and oxygen atoms in total. The monoisotopic (exact) mass is 478 g/mol. The highest BCUT2D eigenvalue weighted by atomic mass is 32.2. The topological polar surface area (TPSA) is 108 Å². The third-order valence-corrected chi connectivity index (χ3v) is 5.82. The quantitative estimate of drug-likeness (QED) is 0.246. The Morgan fingerprint density at radius 2 is 1.41 bits per heavy atom. The van der Waals surface area contributed by atoms with Crippen LogP contribution in [0.5, 0.6) is 0 Å². The van der Waals surface area contributed by atoms with E-state index in [-0.39, 0.29) is 11.8 Å². The molecule has 0 unspecified atom stereocenters. The fourth-order valence-corrected chi connectivity index (χ4v) is 3.88. The maximum Gasteiger partial charge on any atom is 0.252 e. The number of carbonyl (C=O) groups excluding carboxylic acids is 2. The average Bonchev–Trinajstić information content (AvgIpc) is 2.86. The minimum Gasteiger partial charge on any atom is -0.368 e. The number of hydrogen-bond acceptors (Lipinski definition) is 7. The van der Waals surface area contributed by atoms with Gasteiger partial charge < -0.3 is 21.3 Å². The number of benzene rings is 2. The average molecular weight is 479 g/mol. The van der Waals surface area contributed by atoms with E-state index >= 15 is 0 Å². The summed E-state index contributed by atoms with van der Waals surface area (Å²) in [6, 6.07) is 17.3. The van der Waals surface area contributed by atoms with Crippen molar-refractivity contribution in [1.82, 2.24) is 20.6 Å². The van der Waals surface area contributed by atoms with Crippen molar-refractivity contribution in [2.75, 3.05) is 43.1 Å². The molecule has 178 valence electrons. The molecule has 0 aliphatic rings. The minimum absolute atomic E-state index is 0.0734. The summed E-state index contributed by atoms with van der Waals surface area (Å²) in [7, 11) is 0. The lowest BCUT2D eigenvalue weighted by Gasteiger charge is -2.16. The first-order valence-corrected chi connectivity index (χ1v) is 12.3. The van der Waals surface area contributed by atoms with Crippen LogP contribution in [0.3, 0.4) is 0 Å². The molecule has 0 atom stereocenters. The molecule has 0 radical (unpaired) electrons. The lowest BCUT2D eigenvalue weighted by Crippen LogP contribution is -2.29. The van der Waals surface area contributed by atoms with E-state index in [0.717, 1.165) is 16.0 Å². The lowest BCUT2D eigenvalue weighted by atomic mass is 10.2. The molecular weight excluding hydrogens is 448 g/mol. The summed E-state index contributed by atoms with van der Waals surface area (Å²) in [6.07, 6.45) is 1.96. The molecule has 0 spiro atoms. The molecule has 2 amide bonds. The molecule has 0 saturated carbocycles. The molecule has 3 rings (SSSR count). The molecule has 34 heavy (non-hydrogen) atoms. The number of amides is 2. The first-order chi connectivity index (χ1) is 16.5. The van der Waals surface area contributed by atoms with Crippen LogP contribution in [0.15, 0.2) is 59.5 Å². The van der Waals surface area contributed by atoms with Crippen LogP contribution >= 0.6 is 11.8 Å². The van der Waals surface area contributed by atoms with Crippen LogP contribution < -0.4 is 21.3 Å². The van der Waals surface area contributed by atoms with Gasteiger partial charge in [-0.05, 0) is 25.3 Å². The third-order valence-electron chi connectivity index (χ3n) is 5.02. The zero-order chi connectivity index (χ0) is 24.3. The predicted molar refractivity (Wildman–Crippen MR) is 138 cm³/mol. The van der Waals surface area contributed by atoms with Crippen molar-refractivity contribution >= 4 is 35.2 Å². The van der Waals surface area contributed by atoms with Gasteiger partial charge in [0.1, 0.15) is 11.6 Å². The first kappa shape index (κ1) is 25.0. The molecule has 0 saturated heterocycles. The van der Waals surface area contributed by atoms with Gasteiger partial charge in [0.15, 0.2) is 5.82 Å². The second kappa shape index (κ2) is 12.6. The summed E-state index contributed by atoms with van der Waals surface area (Å²) in [5, 5.41) is 12.3. The van der Waals surface area contributed by atoms with Crippen LogP contribution in [0.1, 0.15) is 22.8 Å². The normalized spacial score (nSPS) is 10.4. The number of thioether (sulfide) groups is 1. The van der Waals surface area contributed by atoms with Gasteiger partial charge in [-0.1, -0.05) is 42.5 Å². The van der Waals surface area contributed by atoms with E-state index < -0.39 is 0 Å². The number of nitrogens with one attached hydrogen (secondary N) is 4. The zero-order valence-electron chi connectivity index (χ0n) is 19.6. The molecule has 3 aromatic rings. The van der Waals surface area contributed by atoms with Gasteiger partial charge in [-0.15, -0.1) is 11.8 Å². The van der Waals surface area contributed by atoms with Crippen molar-refractivity contribution in [2.24, 2.45) is 0 Å². The molecule has 0 aliphatic carbocycles. The van der Waals surface area contributed by atoms with Gasteiger partial charge in [-0.25, -0.2) is 9.97 Å². The molecule has 9 heteroatoms. The Balaban J connectivity index is 1.68. The van der Waals surface area contributed by atoms with Crippen molar-refractivity contribution in [3.05, 3.63) is 65.7 Å². The van der Waals surface area contributed by atoms with E-state index in [1.807, 2.05) is 67.8 Å². The minimum atomic E-state index is -0.100. The summed E-state index contributed by atoms with van der Waals surface area (Å²) in [4.78, 5) is 34.1. The van der Waals surface area contributed by atoms with Gasteiger partial charge in [0.25, 0.3) is 5.91 Å². The molecule has 0 aliphatic heterocycles. The molecule has 4 N–H and O–H groups in total. The molecule has 2 aromatic carbocycles. The SMILES string of the molecule is CSc1ccccc1C(=O)NCCNc1nc(-c2ccccc2)nc(NCCNC(C)=O)c1C. The maximum atomic E-state index is 12.6. The van der Waals surface area contributed by atoms with Crippen molar-refractivity contribution in [3.63, 3.8) is 0 Å². The van der Waals surface area contributed by atoms with Gasteiger partial charge >= 0.3 is 0 Å². The van der Waals surface area contributed by atoms with E-state index in [4.69, 9.17) is 4.98 Å². The zero-order valence-corrected chi connectivity index (χ0v) is 20.5. The summed E-state index contributed by atoms with van der Waals surface area (Å²) >= 11 is 1.55. The molecular formula is C25H30N6O2S. The first-order valence-electron chi connectivity index (χ1n) is 11.1. The van der Waals surface area contributed by atoms with Crippen LogP contribution in [0.2, 0.25) is 0 Å². The predicted octanol–water partition coefficient (Wildman–Crippen LogP) is 3.56. The number of aromatic nitrogens is 2. The van der Waals surface area contributed by atoms with Crippen LogP contribution in [-0.2, 0) is 4.79 Å². The highest BCUT2D eigenvalue weighted by Crippen LogP contribution is 2.25. The number of hydrogen-bond donors (Lipinski definition) is 4. The Bertz CT molecular complexity index is 1120. The second-order valence-electron chi connectivity index (χ2n) is 7.53. The molecule has 1 aromatic heterocycles. The Morgan fingerprint density at radius 1 is 0.824 bits per heavy atom. The number of carbonyl (C=O) groups is 2. The number of anilines is 2. The van der Waals surface area contributed by atoms with E-state index in [0.29, 0.717) is 49.2 Å². The van der Waals surface area contributed by atoms with Gasteiger partial charge in [0, 0.05) is 49.1 Å². The van der Waals surface area contributed by atoms with Crippen LogP contribution in [-0.4, -0.2) is 54.2 Å². The van der Waals surface area contributed by atoms with Crippen molar-refractivity contribution < 1.29 is 9.59 Å². The van der Waals surface area contributed by atoms with Crippen LogP contribution in [0, 0.1) is 6.92 Å². The van der Waals surface area contributed by atoms with Gasteiger partial charge in [0.2, 0.25) is 5.91 Å². The Hall–Kier alpha value is -3.59. The summed E-state index contributed by atoms with van der Waals surface area (Å²) in [5.41, 5.74) is 2.43. The smallest absolute Gasteiger partial charge is 0.252 e. The van der Waals surface area contributed by atoms with Gasteiger partial charge in [0.05, 0.1) is 5.56 Å². The summed E-state index contributed by atoms with van der Waals surface area (Å²) in [6.45, 7) is 5.40. The lowest BCUT2D eigenvalue weighted by molar-refractivity contribution is -0.118. The van der Waals surface area contributed by atoms with Crippen LogP contribution in [0.25, 0.3) is 11.4 Å².